The Bertz CT molecular complexity index is 625. The van der Waals surface area contributed by atoms with Crippen molar-refractivity contribution in [2.24, 2.45) is 0 Å². The average molecular weight is 638 g/mol. The van der Waals surface area contributed by atoms with Gasteiger partial charge in [-0.25, -0.2) is 0 Å². The maximum atomic E-state index is 12.8. The predicted molar refractivity (Wildman–Crippen MR) is 194 cm³/mol. The molecule has 0 bridgehead atoms. The normalized spacial score (nSPS) is 12.7. The zero-order chi connectivity index (χ0) is 33.1. The molecular formula is C40H79NO4. The second-order valence-electron chi connectivity index (χ2n) is 13.9. The molecule has 0 saturated heterocycles. The molecule has 0 rings (SSSR count). The van der Waals surface area contributed by atoms with Crippen LogP contribution in [0, 0.1) is 0 Å². The Morgan fingerprint density at radius 3 is 1.20 bits per heavy atom. The minimum Gasteiger partial charge on any atom is -0.460 e. The zero-order valence-corrected chi connectivity index (χ0v) is 30.7. The Labute approximate surface area is 281 Å². The van der Waals surface area contributed by atoms with Crippen LogP contribution in [0.4, 0.5) is 0 Å². The minimum absolute atomic E-state index is 0.0305. The van der Waals surface area contributed by atoms with Gasteiger partial charge < -0.3 is 15.2 Å². The number of esters is 1. The largest absolute Gasteiger partial charge is 0.460 e. The van der Waals surface area contributed by atoms with Gasteiger partial charge in [0.15, 0.2) is 0 Å². The fourth-order valence-corrected chi connectivity index (χ4v) is 6.29. The number of hydrogen-bond donors (Lipinski definition) is 2. The van der Waals surface area contributed by atoms with Gasteiger partial charge in [-0.1, -0.05) is 188 Å². The molecule has 0 aliphatic carbocycles. The molecule has 0 fully saturated rings. The highest BCUT2D eigenvalue weighted by Crippen LogP contribution is 2.17. The number of carbonyl (C=O) groups is 2. The van der Waals surface area contributed by atoms with Crippen LogP contribution in [0.2, 0.25) is 0 Å². The van der Waals surface area contributed by atoms with Crippen LogP contribution < -0.4 is 5.32 Å². The third-order valence-electron chi connectivity index (χ3n) is 9.36. The first-order valence-corrected chi connectivity index (χ1v) is 20.2. The first kappa shape index (κ1) is 43.9. The number of hydrogen-bond acceptors (Lipinski definition) is 4. The molecule has 0 aliphatic rings. The highest BCUT2D eigenvalue weighted by Gasteiger charge is 2.26. The Balaban J connectivity index is 4.47. The molecule has 0 aliphatic heterocycles. The van der Waals surface area contributed by atoms with Crippen molar-refractivity contribution < 1.29 is 19.4 Å². The summed E-state index contributed by atoms with van der Waals surface area (Å²) in [5, 5.41) is 13.2. The molecule has 5 heteroatoms. The predicted octanol–water partition coefficient (Wildman–Crippen LogP) is 11.9. The molecular weight excluding hydrogens is 558 g/mol. The highest BCUT2D eigenvalue weighted by atomic mass is 16.5. The summed E-state index contributed by atoms with van der Waals surface area (Å²) >= 11 is 0. The van der Waals surface area contributed by atoms with E-state index < -0.39 is 12.1 Å². The quantitative estimate of drug-likeness (QED) is 0.0529. The van der Waals surface area contributed by atoms with Crippen LogP contribution in [0.3, 0.4) is 0 Å². The molecule has 0 aromatic rings. The van der Waals surface area contributed by atoms with Gasteiger partial charge in [0.05, 0.1) is 12.6 Å². The molecule has 2 unspecified atom stereocenters. The third-order valence-corrected chi connectivity index (χ3v) is 9.36. The standard InChI is InChI=1S/C40H79NO4/c1-4-7-10-13-16-19-20-23-25-28-31-34-39(43)41-37(36-42)38(33-30-27-24-21-17-14-11-8-5-2)45-40(44)35-32-29-26-22-18-15-12-9-6-3/h37-38,42H,4-36H2,1-3H3,(H,41,43). The molecule has 268 valence electrons. The summed E-state index contributed by atoms with van der Waals surface area (Å²) in [6.07, 6.45) is 36.9. The number of unbranched alkanes of at least 4 members (excludes halogenated alkanes) is 26. The van der Waals surface area contributed by atoms with Crippen molar-refractivity contribution in [1.29, 1.82) is 0 Å². The summed E-state index contributed by atoms with van der Waals surface area (Å²) in [4.78, 5) is 25.6. The van der Waals surface area contributed by atoms with Gasteiger partial charge in [0.2, 0.25) is 5.91 Å². The summed E-state index contributed by atoms with van der Waals surface area (Å²) < 4.78 is 5.95. The van der Waals surface area contributed by atoms with Gasteiger partial charge in [-0.3, -0.25) is 9.59 Å². The van der Waals surface area contributed by atoms with Crippen LogP contribution in [0.25, 0.3) is 0 Å². The first-order chi connectivity index (χ1) is 22.1. The molecule has 0 saturated carbocycles. The van der Waals surface area contributed by atoms with Gasteiger partial charge in [-0.05, 0) is 25.7 Å². The Morgan fingerprint density at radius 2 is 0.822 bits per heavy atom. The van der Waals surface area contributed by atoms with E-state index in [9.17, 15) is 14.7 Å². The number of carbonyl (C=O) groups excluding carboxylic acids is 2. The summed E-state index contributed by atoms with van der Waals surface area (Å²) in [5.74, 6) is -0.214. The SMILES string of the molecule is CCCCCCCCCCCCCC(=O)NC(CO)C(CCCCCCCCCCC)OC(=O)CCCCCCCCCCC. The number of ether oxygens (including phenoxy) is 1. The summed E-state index contributed by atoms with van der Waals surface area (Å²) in [7, 11) is 0. The maximum absolute atomic E-state index is 12.8. The minimum atomic E-state index is -0.522. The molecule has 45 heavy (non-hydrogen) atoms. The highest BCUT2D eigenvalue weighted by molar-refractivity contribution is 5.76. The van der Waals surface area contributed by atoms with Crippen LogP contribution >= 0.6 is 0 Å². The van der Waals surface area contributed by atoms with E-state index in [1.54, 1.807) is 0 Å². The van der Waals surface area contributed by atoms with E-state index in [0.29, 0.717) is 19.3 Å². The van der Waals surface area contributed by atoms with Gasteiger partial charge in [0.25, 0.3) is 0 Å². The second-order valence-corrected chi connectivity index (χ2v) is 13.9. The number of amides is 1. The number of aliphatic hydroxyl groups excluding tert-OH is 1. The van der Waals surface area contributed by atoms with Crippen molar-refractivity contribution in [3.05, 3.63) is 0 Å². The van der Waals surface area contributed by atoms with Crippen molar-refractivity contribution >= 4 is 11.9 Å². The zero-order valence-electron chi connectivity index (χ0n) is 30.7. The van der Waals surface area contributed by atoms with Crippen molar-refractivity contribution in [3.8, 4) is 0 Å². The average Bonchev–Trinajstić information content (AvgIpc) is 3.04. The van der Waals surface area contributed by atoms with Crippen molar-refractivity contribution in [3.63, 3.8) is 0 Å². The van der Waals surface area contributed by atoms with Gasteiger partial charge in [0.1, 0.15) is 6.10 Å². The lowest BCUT2D eigenvalue weighted by atomic mass is 10.0. The van der Waals surface area contributed by atoms with E-state index >= 15 is 0 Å². The lowest BCUT2D eigenvalue weighted by Crippen LogP contribution is -2.47. The Hall–Kier alpha value is -1.10. The van der Waals surface area contributed by atoms with Gasteiger partial charge in [-0.2, -0.15) is 0 Å². The maximum Gasteiger partial charge on any atom is 0.306 e. The molecule has 2 N–H and O–H groups in total. The third kappa shape index (κ3) is 31.3. The van der Waals surface area contributed by atoms with E-state index in [1.165, 1.54) is 148 Å². The van der Waals surface area contributed by atoms with Crippen molar-refractivity contribution in [2.45, 2.75) is 238 Å². The topological polar surface area (TPSA) is 75.6 Å². The Morgan fingerprint density at radius 1 is 0.489 bits per heavy atom. The van der Waals surface area contributed by atoms with Crippen molar-refractivity contribution in [1.82, 2.24) is 5.32 Å². The molecule has 0 spiro atoms. The molecule has 5 nitrogen and oxygen atoms in total. The van der Waals surface area contributed by atoms with E-state index in [1.807, 2.05) is 0 Å². The number of nitrogens with one attached hydrogen (secondary N) is 1. The van der Waals surface area contributed by atoms with E-state index in [0.717, 1.165) is 38.5 Å². The number of aliphatic hydroxyl groups is 1. The van der Waals surface area contributed by atoms with Gasteiger partial charge in [0, 0.05) is 12.8 Å². The fourth-order valence-electron chi connectivity index (χ4n) is 6.29. The second kappa shape index (κ2) is 35.7. The number of rotatable bonds is 36. The molecule has 0 aromatic heterocycles. The molecule has 2 atom stereocenters. The summed E-state index contributed by atoms with van der Waals surface area (Å²) in [6.45, 7) is 6.56. The van der Waals surface area contributed by atoms with Gasteiger partial charge in [-0.15, -0.1) is 0 Å². The molecule has 0 radical (unpaired) electrons. The first-order valence-electron chi connectivity index (χ1n) is 20.2. The fraction of sp³-hybridized carbons (Fsp3) is 0.950. The summed E-state index contributed by atoms with van der Waals surface area (Å²) in [5.41, 5.74) is 0. The van der Waals surface area contributed by atoms with Crippen LogP contribution in [-0.4, -0.2) is 35.7 Å². The van der Waals surface area contributed by atoms with E-state index in [4.69, 9.17) is 4.74 Å². The van der Waals surface area contributed by atoms with Crippen molar-refractivity contribution in [2.75, 3.05) is 6.61 Å². The van der Waals surface area contributed by atoms with Crippen LogP contribution in [-0.2, 0) is 14.3 Å². The smallest absolute Gasteiger partial charge is 0.306 e. The van der Waals surface area contributed by atoms with E-state index in [-0.39, 0.29) is 18.5 Å². The van der Waals surface area contributed by atoms with Crippen LogP contribution in [0.15, 0.2) is 0 Å². The van der Waals surface area contributed by atoms with Gasteiger partial charge >= 0.3 is 5.97 Å². The van der Waals surface area contributed by atoms with Crippen LogP contribution in [0.5, 0.6) is 0 Å². The molecule has 1 amide bonds. The lowest BCUT2D eigenvalue weighted by molar-refractivity contribution is -0.152. The monoisotopic (exact) mass is 638 g/mol. The molecule has 0 aromatic carbocycles. The van der Waals surface area contributed by atoms with Crippen LogP contribution in [0.1, 0.15) is 226 Å². The summed E-state index contributed by atoms with van der Waals surface area (Å²) in [6, 6.07) is -0.522. The lowest BCUT2D eigenvalue weighted by Gasteiger charge is -2.27. The molecule has 0 heterocycles. The van der Waals surface area contributed by atoms with E-state index in [2.05, 4.69) is 26.1 Å². The Kier molecular flexibility index (Phi) is 34.9.